The van der Waals surface area contributed by atoms with Gasteiger partial charge >= 0.3 is 5.97 Å². The molecule has 0 spiro atoms. The third-order valence-electron chi connectivity index (χ3n) is 3.82. The second-order valence-electron chi connectivity index (χ2n) is 5.79. The zero-order valence-electron chi connectivity index (χ0n) is 14.3. The summed E-state index contributed by atoms with van der Waals surface area (Å²) in [6.07, 6.45) is 3.35. The van der Waals surface area contributed by atoms with Gasteiger partial charge in [0.1, 0.15) is 11.7 Å². The number of Topliss-reactive ketones (excluding diaryl/α,β-unsaturated/α-hetero) is 1. The molecule has 3 N–H and O–H groups in total. The number of carbonyl (C=O) groups is 3. The molecule has 0 fully saturated rings. The Kier molecular flexibility index (Phi) is 7.00. The lowest BCUT2D eigenvalue weighted by atomic mass is 10.0. The van der Waals surface area contributed by atoms with Gasteiger partial charge in [0.15, 0.2) is 5.78 Å². The van der Waals surface area contributed by atoms with Crippen molar-refractivity contribution in [2.75, 3.05) is 0 Å². The Morgan fingerprint density at radius 1 is 1.22 bits per heavy atom. The number of carboxylic acid groups (broad SMARTS) is 1. The summed E-state index contributed by atoms with van der Waals surface area (Å²) in [7, 11) is 0. The van der Waals surface area contributed by atoms with Crippen LogP contribution in [0.25, 0.3) is 0 Å². The van der Waals surface area contributed by atoms with E-state index in [4.69, 9.17) is 0 Å². The summed E-state index contributed by atoms with van der Waals surface area (Å²) in [6.45, 7) is 7.15. The fourth-order valence-electron chi connectivity index (χ4n) is 2.74. The predicted octanol–water partition coefficient (Wildman–Crippen LogP) is 2.85. The summed E-state index contributed by atoms with van der Waals surface area (Å²) in [4.78, 5) is 38.6. The van der Waals surface area contributed by atoms with Crippen LogP contribution in [0.4, 0.5) is 0 Å². The van der Waals surface area contributed by atoms with E-state index in [0.29, 0.717) is 35.4 Å². The summed E-state index contributed by atoms with van der Waals surface area (Å²) in [5.41, 5.74) is 2.16. The molecule has 0 radical (unpaired) electrons. The van der Waals surface area contributed by atoms with Crippen molar-refractivity contribution in [3.63, 3.8) is 0 Å². The molecule has 0 saturated heterocycles. The number of rotatable bonds is 9. The molecule has 128 valence electrons. The molecule has 0 aromatic carbocycles. The highest BCUT2D eigenvalue weighted by Crippen LogP contribution is 2.21. The number of aromatic amines is 1. The average Bonchev–Trinajstić information content (AvgIpc) is 2.80. The quantitative estimate of drug-likeness (QED) is 0.609. The van der Waals surface area contributed by atoms with E-state index in [0.717, 1.165) is 19.3 Å². The topological polar surface area (TPSA) is 99.3 Å². The summed E-state index contributed by atoms with van der Waals surface area (Å²) in [5.74, 6) is -1.60. The van der Waals surface area contributed by atoms with Crippen molar-refractivity contribution in [2.24, 2.45) is 0 Å². The number of unbranched alkanes of at least 4 members (excludes halogenated alkanes) is 1. The first-order chi connectivity index (χ1) is 10.8. The number of hydrogen-bond acceptors (Lipinski definition) is 3. The highest BCUT2D eigenvalue weighted by molar-refractivity contribution is 6.03. The Morgan fingerprint density at radius 2 is 1.87 bits per heavy atom. The maximum atomic E-state index is 12.5. The van der Waals surface area contributed by atoms with Crippen molar-refractivity contribution < 1.29 is 19.5 Å². The molecule has 1 aromatic rings. The van der Waals surface area contributed by atoms with Crippen LogP contribution in [0, 0.1) is 6.92 Å². The number of aromatic nitrogens is 1. The van der Waals surface area contributed by atoms with E-state index in [9.17, 15) is 19.5 Å². The van der Waals surface area contributed by atoms with Crippen molar-refractivity contribution in [1.29, 1.82) is 0 Å². The Morgan fingerprint density at radius 3 is 2.35 bits per heavy atom. The number of hydrogen-bond donors (Lipinski definition) is 3. The van der Waals surface area contributed by atoms with Gasteiger partial charge in [0.05, 0.1) is 0 Å². The van der Waals surface area contributed by atoms with Crippen molar-refractivity contribution >= 4 is 17.7 Å². The zero-order chi connectivity index (χ0) is 17.6. The van der Waals surface area contributed by atoms with Gasteiger partial charge in [0, 0.05) is 11.3 Å². The van der Waals surface area contributed by atoms with E-state index in [1.54, 1.807) is 6.92 Å². The second kappa shape index (κ2) is 8.50. The minimum atomic E-state index is -1.04. The Balaban J connectivity index is 3.09. The lowest BCUT2D eigenvalue weighted by Crippen LogP contribution is -2.41. The van der Waals surface area contributed by atoms with E-state index in [1.165, 1.54) is 6.92 Å². The van der Waals surface area contributed by atoms with Gasteiger partial charge in [-0.15, -0.1) is 0 Å². The number of aliphatic carboxylic acids is 1. The van der Waals surface area contributed by atoms with Crippen molar-refractivity contribution in [1.82, 2.24) is 10.3 Å². The van der Waals surface area contributed by atoms with Crippen LogP contribution in [-0.2, 0) is 11.2 Å². The molecule has 1 amide bonds. The van der Waals surface area contributed by atoms with Gasteiger partial charge in [0.25, 0.3) is 5.91 Å². The van der Waals surface area contributed by atoms with Crippen LogP contribution in [0.15, 0.2) is 0 Å². The summed E-state index contributed by atoms with van der Waals surface area (Å²) in [6, 6.07) is -0.915. The summed E-state index contributed by atoms with van der Waals surface area (Å²) in [5, 5.41) is 11.8. The Labute approximate surface area is 136 Å². The van der Waals surface area contributed by atoms with Crippen LogP contribution in [0.1, 0.15) is 78.6 Å². The highest BCUT2D eigenvalue weighted by Gasteiger charge is 2.25. The molecular weight excluding hydrogens is 296 g/mol. The summed E-state index contributed by atoms with van der Waals surface area (Å²) < 4.78 is 0. The Bertz CT molecular complexity index is 590. The predicted molar refractivity (Wildman–Crippen MR) is 87.9 cm³/mol. The van der Waals surface area contributed by atoms with Crippen LogP contribution in [0.5, 0.6) is 0 Å². The first kappa shape index (κ1) is 18.9. The lowest BCUT2D eigenvalue weighted by Gasteiger charge is -2.14. The molecule has 0 aliphatic heterocycles. The molecule has 6 nitrogen and oxygen atoms in total. The first-order valence-corrected chi connectivity index (χ1v) is 8.09. The van der Waals surface area contributed by atoms with Gasteiger partial charge in [0.2, 0.25) is 0 Å². The molecule has 0 aliphatic carbocycles. The summed E-state index contributed by atoms with van der Waals surface area (Å²) >= 11 is 0. The maximum absolute atomic E-state index is 12.5. The lowest BCUT2D eigenvalue weighted by molar-refractivity contribution is -0.139. The number of ketones is 1. The van der Waals surface area contributed by atoms with Crippen LogP contribution in [-0.4, -0.2) is 33.8 Å². The van der Waals surface area contributed by atoms with E-state index >= 15 is 0 Å². The molecule has 0 bridgehead atoms. The minimum Gasteiger partial charge on any atom is -0.480 e. The first-order valence-electron chi connectivity index (χ1n) is 8.09. The molecule has 0 aliphatic rings. The van der Waals surface area contributed by atoms with Gasteiger partial charge in [-0.1, -0.05) is 33.1 Å². The third-order valence-corrected chi connectivity index (χ3v) is 3.82. The normalized spacial score (nSPS) is 12.0. The number of H-pyrrole nitrogens is 1. The van der Waals surface area contributed by atoms with Gasteiger partial charge in [-0.2, -0.15) is 0 Å². The minimum absolute atomic E-state index is 0.0954. The SMILES string of the molecule is CCCCC(NC(=O)c1[nH]c(C)c(C(C)=O)c1CCC)C(=O)O. The van der Waals surface area contributed by atoms with Gasteiger partial charge in [-0.3, -0.25) is 9.59 Å². The molecule has 0 saturated carbocycles. The number of nitrogens with one attached hydrogen (secondary N) is 2. The molecule has 1 unspecified atom stereocenters. The van der Waals surface area contributed by atoms with Crippen molar-refractivity contribution in [3.05, 3.63) is 22.5 Å². The van der Waals surface area contributed by atoms with Crippen molar-refractivity contribution in [2.45, 2.75) is 65.8 Å². The van der Waals surface area contributed by atoms with Crippen LogP contribution < -0.4 is 5.32 Å². The van der Waals surface area contributed by atoms with Crippen LogP contribution in [0.2, 0.25) is 0 Å². The maximum Gasteiger partial charge on any atom is 0.326 e. The standard InChI is InChI=1S/C17H26N2O4/c1-5-7-9-13(17(22)23)19-16(21)15-12(8-6-2)14(11(4)20)10(3)18-15/h13,18H,5-9H2,1-4H3,(H,19,21)(H,22,23). The van der Waals surface area contributed by atoms with Gasteiger partial charge < -0.3 is 15.4 Å². The largest absolute Gasteiger partial charge is 0.480 e. The van der Waals surface area contributed by atoms with Crippen LogP contribution in [0.3, 0.4) is 0 Å². The fraction of sp³-hybridized carbons (Fsp3) is 0.588. The average molecular weight is 322 g/mol. The molecule has 1 rings (SSSR count). The Hall–Kier alpha value is -2.11. The highest BCUT2D eigenvalue weighted by atomic mass is 16.4. The monoisotopic (exact) mass is 322 g/mol. The van der Waals surface area contributed by atoms with Crippen molar-refractivity contribution in [3.8, 4) is 0 Å². The van der Waals surface area contributed by atoms with E-state index in [1.807, 2.05) is 13.8 Å². The fourth-order valence-corrected chi connectivity index (χ4v) is 2.74. The third kappa shape index (κ3) is 4.68. The van der Waals surface area contributed by atoms with E-state index in [-0.39, 0.29) is 5.78 Å². The van der Waals surface area contributed by atoms with E-state index < -0.39 is 17.9 Å². The smallest absolute Gasteiger partial charge is 0.326 e. The number of carbonyl (C=O) groups excluding carboxylic acids is 2. The molecule has 1 atom stereocenters. The molecule has 1 heterocycles. The molecule has 23 heavy (non-hydrogen) atoms. The second-order valence-corrected chi connectivity index (χ2v) is 5.79. The molecule has 1 aromatic heterocycles. The van der Waals surface area contributed by atoms with Gasteiger partial charge in [-0.25, -0.2) is 4.79 Å². The van der Waals surface area contributed by atoms with Gasteiger partial charge in [-0.05, 0) is 32.3 Å². The van der Waals surface area contributed by atoms with Crippen LogP contribution >= 0.6 is 0 Å². The number of aryl methyl sites for hydroxylation is 1. The zero-order valence-corrected chi connectivity index (χ0v) is 14.3. The number of amides is 1. The molecule has 6 heteroatoms. The number of carboxylic acids is 1. The molecular formula is C17H26N2O4. The van der Waals surface area contributed by atoms with E-state index in [2.05, 4.69) is 10.3 Å².